The third-order valence-electron chi connectivity index (χ3n) is 6.54. The van der Waals surface area contributed by atoms with E-state index in [1.165, 1.54) is 16.7 Å². The summed E-state index contributed by atoms with van der Waals surface area (Å²) < 4.78 is 5.36. The number of anilines is 1. The van der Waals surface area contributed by atoms with Crippen LogP contribution in [-0.2, 0) is 11.8 Å². The molecule has 0 bridgehead atoms. The average molecular weight is 551 g/mol. The normalized spacial score (nSPS) is 14.5. The van der Waals surface area contributed by atoms with E-state index >= 15 is 0 Å². The van der Waals surface area contributed by atoms with Crippen molar-refractivity contribution < 1.29 is 4.79 Å². The fraction of sp³-hybridized carbons (Fsp3) is 0.0690. The van der Waals surface area contributed by atoms with Gasteiger partial charge in [0.1, 0.15) is 11.4 Å². The van der Waals surface area contributed by atoms with E-state index in [9.17, 15) is 9.59 Å². The third-order valence-corrected chi connectivity index (χ3v) is 7.85. The number of hydrogen-bond acceptors (Lipinski definition) is 6. The maximum Gasteiger partial charge on any atom is 0.296 e. The molecule has 6 rings (SSSR count). The second kappa shape index (κ2) is 9.97. The number of benzene rings is 2. The topological polar surface area (TPSA) is 78.0 Å². The summed E-state index contributed by atoms with van der Waals surface area (Å²) in [5, 5.41) is 4.81. The lowest BCUT2D eigenvalue weighted by atomic mass is 10.1. The SMILES string of the molecule is Cc1c(N2C(=O)C(=Cc3cn(-c4ccccc4)nc3-c3ccncc3)SC2=S)c(=O)n(-c2ccccc2)n1C. The number of hydrogen-bond donors (Lipinski definition) is 0. The first-order chi connectivity index (χ1) is 18.9. The molecule has 0 atom stereocenters. The van der Waals surface area contributed by atoms with Gasteiger partial charge in [0.05, 0.1) is 22.0 Å². The molecule has 0 aliphatic carbocycles. The number of amides is 1. The fourth-order valence-corrected chi connectivity index (χ4v) is 5.82. The van der Waals surface area contributed by atoms with E-state index in [0.29, 0.717) is 26.3 Å². The average Bonchev–Trinajstić information content (AvgIpc) is 3.57. The van der Waals surface area contributed by atoms with Crippen LogP contribution in [0.25, 0.3) is 28.7 Å². The van der Waals surface area contributed by atoms with Gasteiger partial charge in [0.25, 0.3) is 11.5 Å². The van der Waals surface area contributed by atoms with Crippen LogP contribution in [0.2, 0.25) is 0 Å². The van der Waals surface area contributed by atoms with E-state index in [2.05, 4.69) is 4.98 Å². The van der Waals surface area contributed by atoms with Gasteiger partial charge in [-0.3, -0.25) is 24.2 Å². The number of para-hydroxylation sites is 2. The van der Waals surface area contributed by atoms with Crippen molar-refractivity contribution in [2.75, 3.05) is 4.90 Å². The summed E-state index contributed by atoms with van der Waals surface area (Å²) in [6.07, 6.45) is 7.08. The lowest BCUT2D eigenvalue weighted by Crippen LogP contribution is -2.33. The van der Waals surface area contributed by atoms with Gasteiger partial charge >= 0.3 is 0 Å². The number of thioether (sulfide) groups is 1. The number of nitrogens with zero attached hydrogens (tertiary/aromatic N) is 6. The van der Waals surface area contributed by atoms with Crippen LogP contribution in [0.4, 0.5) is 5.69 Å². The van der Waals surface area contributed by atoms with Crippen LogP contribution in [0.3, 0.4) is 0 Å². The predicted octanol–water partition coefficient (Wildman–Crippen LogP) is 5.14. The Kier molecular flexibility index (Phi) is 6.34. The zero-order chi connectivity index (χ0) is 27.1. The molecule has 8 nitrogen and oxygen atoms in total. The van der Waals surface area contributed by atoms with Crippen LogP contribution >= 0.6 is 24.0 Å². The summed E-state index contributed by atoms with van der Waals surface area (Å²) in [6.45, 7) is 1.81. The van der Waals surface area contributed by atoms with E-state index in [0.717, 1.165) is 16.8 Å². The van der Waals surface area contributed by atoms with Gasteiger partial charge in [-0.1, -0.05) is 60.4 Å². The maximum atomic E-state index is 13.8. The van der Waals surface area contributed by atoms with Crippen molar-refractivity contribution in [3.63, 3.8) is 0 Å². The minimum atomic E-state index is -0.343. The highest BCUT2D eigenvalue weighted by Gasteiger charge is 2.38. The minimum Gasteiger partial charge on any atom is -0.283 e. The van der Waals surface area contributed by atoms with Gasteiger partial charge < -0.3 is 0 Å². The molecule has 2 aromatic carbocycles. The van der Waals surface area contributed by atoms with Crippen molar-refractivity contribution >= 4 is 46.0 Å². The van der Waals surface area contributed by atoms with E-state index in [-0.39, 0.29) is 17.2 Å². The van der Waals surface area contributed by atoms with Gasteiger partial charge in [0.2, 0.25) is 0 Å². The highest BCUT2D eigenvalue weighted by molar-refractivity contribution is 8.27. The molecule has 0 unspecified atom stereocenters. The molecule has 5 aromatic rings. The van der Waals surface area contributed by atoms with Gasteiger partial charge in [0.15, 0.2) is 4.32 Å². The van der Waals surface area contributed by atoms with Crippen molar-refractivity contribution in [1.82, 2.24) is 24.1 Å². The second-order valence-electron chi connectivity index (χ2n) is 8.88. The lowest BCUT2D eigenvalue weighted by Gasteiger charge is -2.12. The van der Waals surface area contributed by atoms with Crippen LogP contribution < -0.4 is 10.5 Å². The molecule has 0 saturated carbocycles. The number of thiocarbonyl (C=S) groups is 1. The molecule has 4 heterocycles. The quantitative estimate of drug-likeness (QED) is 0.223. The summed E-state index contributed by atoms with van der Waals surface area (Å²) >= 11 is 6.80. The molecule has 192 valence electrons. The molecule has 39 heavy (non-hydrogen) atoms. The number of aromatic nitrogens is 5. The zero-order valence-corrected chi connectivity index (χ0v) is 22.7. The highest BCUT2D eigenvalue weighted by atomic mass is 32.2. The monoisotopic (exact) mass is 550 g/mol. The Morgan fingerprint density at radius 2 is 1.54 bits per heavy atom. The Morgan fingerprint density at radius 1 is 0.897 bits per heavy atom. The van der Waals surface area contributed by atoms with Crippen LogP contribution in [0.1, 0.15) is 11.3 Å². The Hall–Kier alpha value is -4.54. The standard InChI is InChI=1S/C29H22N6O2S2/c1-19-26(28(37)35(32(19)2)23-11-7-4-8-12-23)34-27(36)24(39-29(34)38)17-21-18-33(22-9-5-3-6-10-22)31-25(21)20-13-15-30-16-14-20/h3-18H,1-2H3. The first-order valence-corrected chi connectivity index (χ1v) is 13.3. The number of rotatable bonds is 5. The van der Waals surface area contributed by atoms with Crippen molar-refractivity contribution in [2.45, 2.75) is 6.92 Å². The largest absolute Gasteiger partial charge is 0.296 e. The first kappa shape index (κ1) is 24.8. The predicted molar refractivity (Wildman–Crippen MR) is 158 cm³/mol. The van der Waals surface area contributed by atoms with Gasteiger partial charge in [0, 0.05) is 36.8 Å². The van der Waals surface area contributed by atoms with Gasteiger partial charge in [-0.25, -0.2) is 9.36 Å². The minimum absolute atomic E-state index is 0.251. The van der Waals surface area contributed by atoms with Crippen LogP contribution in [0.5, 0.6) is 0 Å². The number of carbonyl (C=O) groups excluding carboxylic acids is 1. The van der Waals surface area contributed by atoms with Crippen molar-refractivity contribution in [1.29, 1.82) is 0 Å². The van der Waals surface area contributed by atoms with Gasteiger partial charge in [-0.15, -0.1) is 0 Å². The molecule has 1 saturated heterocycles. The third kappa shape index (κ3) is 4.33. The smallest absolute Gasteiger partial charge is 0.283 e. The Balaban J connectivity index is 1.43. The molecule has 1 amide bonds. The van der Waals surface area contributed by atoms with E-state index < -0.39 is 0 Å². The van der Waals surface area contributed by atoms with Crippen molar-refractivity contribution in [2.24, 2.45) is 7.05 Å². The van der Waals surface area contributed by atoms with Crippen LogP contribution in [0, 0.1) is 6.92 Å². The van der Waals surface area contributed by atoms with Crippen molar-refractivity contribution in [3.05, 3.63) is 118 Å². The summed E-state index contributed by atoms with van der Waals surface area (Å²) in [6, 6.07) is 22.8. The summed E-state index contributed by atoms with van der Waals surface area (Å²) in [4.78, 5) is 33.2. The Bertz CT molecular complexity index is 1810. The molecule has 10 heteroatoms. The Morgan fingerprint density at radius 3 is 2.21 bits per heavy atom. The van der Waals surface area contributed by atoms with Crippen LogP contribution in [-0.4, -0.2) is 34.4 Å². The first-order valence-electron chi connectivity index (χ1n) is 12.1. The molecule has 3 aromatic heterocycles. The van der Waals surface area contributed by atoms with Crippen molar-refractivity contribution in [3.8, 4) is 22.6 Å². The Labute approximate surface area is 233 Å². The zero-order valence-electron chi connectivity index (χ0n) is 21.1. The van der Waals surface area contributed by atoms with Gasteiger partial charge in [-0.2, -0.15) is 5.10 Å². The van der Waals surface area contributed by atoms with E-state index in [1.807, 2.05) is 85.9 Å². The van der Waals surface area contributed by atoms with Gasteiger partial charge in [-0.05, 0) is 49.4 Å². The molecule has 0 N–H and O–H groups in total. The molecule has 1 aliphatic heterocycles. The number of pyridine rings is 1. The molecule has 1 aliphatic rings. The maximum absolute atomic E-state index is 13.8. The second-order valence-corrected chi connectivity index (χ2v) is 10.6. The molecular formula is C29H22N6O2S2. The van der Waals surface area contributed by atoms with E-state index in [4.69, 9.17) is 17.3 Å². The number of carbonyl (C=O) groups is 1. The molecule has 1 fully saturated rings. The molecular weight excluding hydrogens is 528 g/mol. The van der Waals surface area contributed by atoms with Crippen LogP contribution in [0.15, 0.2) is 101 Å². The highest BCUT2D eigenvalue weighted by Crippen LogP contribution is 2.37. The fourth-order valence-electron chi connectivity index (χ4n) is 4.55. The van der Waals surface area contributed by atoms with E-state index in [1.54, 1.807) is 39.6 Å². The summed E-state index contributed by atoms with van der Waals surface area (Å²) in [5.74, 6) is -0.343. The lowest BCUT2D eigenvalue weighted by molar-refractivity contribution is -0.113. The molecule has 0 spiro atoms. The summed E-state index contributed by atoms with van der Waals surface area (Å²) in [7, 11) is 1.79. The molecule has 0 radical (unpaired) electrons. The summed E-state index contributed by atoms with van der Waals surface area (Å²) in [5.41, 5.74) is 4.49.